The molecule has 15 heavy (non-hydrogen) atoms. The van der Waals surface area contributed by atoms with Gasteiger partial charge in [-0.15, -0.1) is 11.3 Å². The van der Waals surface area contributed by atoms with Crippen LogP contribution in [0.3, 0.4) is 0 Å². The number of thioether (sulfide) groups is 1. The van der Waals surface area contributed by atoms with Crippen LogP contribution < -0.4 is 5.73 Å². The Morgan fingerprint density at radius 2 is 2.40 bits per heavy atom. The zero-order chi connectivity index (χ0) is 11.3. The van der Waals surface area contributed by atoms with Gasteiger partial charge in [-0.3, -0.25) is 4.79 Å². The van der Waals surface area contributed by atoms with Crippen LogP contribution in [-0.4, -0.2) is 28.4 Å². The van der Waals surface area contributed by atoms with E-state index in [9.17, 15) is 4.79 Å². The summed E-state index contributed by atoms with van der Waals surface area (Å²) >= 11 is 3.11. The van der Waals surface area contributed by atoms with E-state index in [0.717, 1.165) is 27.1 Å². The maximum absolute atomic E-state index is 10.5. The number of carboxylic acid groups (broad SMARTS) is 1. The molecule has 0 bridgehead atoms. The van der Waals surface area contributed by atoms with E-state index in [1.165, 1.54) is 11.3 Å². The topological polar surface area (TPSA) is 76.2 Å². The van der Waals surface area contributed by atoms with Crippen LogP contribution in [0.25, 0.3) is 0 Å². The van der Waals surface area contributed by atoms with Gasteiger partial charge in [-0.05, 0) is 19.9 Å². The van der Waals surface area contributed by atoms with Crippen molar-refractivity contribution in [2.45, 2.75) is 24.1 Å². The maximum Gasteiger partial charge on any atom is 0.308 e. The number of rotatable bonds is 6. The fourth-order valence-electron chi connectivity index (χ4n) is 1.01. The average molecular weight is 246 g/mol. The zero-order valence-corrected chi connectivity index (χ0v) is 10.2. The standard InChI is InChI=1S/C9H14N2O2S2/c1-6-7(5-8(12)13)15-9(11-6)14-4-2-3-10/h2-5,10H2,1H3,(H,12,13). The molecule has 0 fully saturated rings. The molecule has 0 saturated carbocycles. The van der Waals surface area contributed by atoms with Crippen molar-refractivity contribution in [1.82, 2.24) is 4.98 Å². The molecule has 0 aromatic carbocycles. The van der Waals surface area contributed by atoms with E-state index in [1.54, 1.807) is 11.8 Å². The normalized spacial score (nSPS) is 10.5. The Hall–Kier alpha value is -0.590. The Labute approximate surface area is 96.9 Å². The summed E-state index contributed by atoms with van der Waals surface area (Å²) in [5, 5.41) is 8.67. The predicted octanol–water partition coefficient (Wildman–Crippen LogP) is 1.52. The third-order valence-corrected chi connectivity index (χ3v) is 4.15. The molecule has 0 aliphatic carbocycles. The first-order chi connectivity index (χ1) is 7.13. The van der Waals surface area contributed by atoms with Crippen molar-refractivity contribution >= 4 is 29.1 Å². The van der Waals surface area contributed by atoms with Crippen molar-refractivity contribution in [1.29, 1.82) is 0 Å². The van der Waals surface area contributed by atoms with Gasteiger partial charge in [-0.1, -0.05) is 11.8 Å². The van der Waals surface area contributed by atoms with Crippen LogP contribution in [0.2, 0.25) is 0 Å². The number of carboxylic acids is 1. The first kappa shape index (κ1) is 12.5. The summed E-state index contributed by atoms with van der Waals surface area (Å²) < 4.78 is 0.942. The molecular weight excluding hydrogens is 232 g/mol. The molecule has 0 aliphatic heterocycles. The summed E-state index contributed by atoms with van der Waals surface area (Å²) in [5.74, 6) is 0.135. The number of nitrogens with two attached hydrogens (primary N) is 1. The van der Waals surface area contributed by atoms with E-state index in [2.05, 4.69) is 4.98 Å². The van der Waals surface area contributed by atoms with E-state index in [-0.39, 0.29) is 6.42 Å². The lowest BCUT2D eigenvalue weighted by Gasteiger charge is -1.93. The lowest BCUT2D eigenvalue weighted by atomic mass is 10.3. The fourth-order valence-corrected chi connectivity index (χ4v) is 3.26. The van der Waals surface area contributed by atoms with Crippen LogP contribution in [0.1, 0.15) is 17.0 Å². The van der Waals surface area contributed by atoms with Crippen molar-refractivity contribution < 1.29 is 9.90 Å². The Bertz CT molecular complexity index is 339. The third kappa shape index (κ3) is 4.19. The number of hydrogen-bond donors (Lipinski definition) is 2. The predicted molar refractivity (Wildman–Crippen MR) is 62.6 cm³/mol. The van der Waals surface area contributed by atoms with Crippen molar-refractivity contribution in [2.75, 3.05) is 12.3 Å². The highest BCUT2D eigenvalue weighted by atomic mass is 32.2. The smallest absolute Gasteiger partial charge is 0.308 e. The van der Waals surface area contributed by atoms with Crippen LogP contribution in [0.4, 0.5) is 0 Å². The molecule has 0 spiro atoms. The molecule has 1 heterocycles. The molecule has 0 radical (unpaired) electrons. The largest absolute Gasteiger partial charge is 0.481 e. The zero-order valence-electron chi connectivity index (χ0n) is 8.52. The van der Waals surface area contributed by atoms with Gasteiger partial charge in [0.15, 0.2) is 0 Å². The van der Waals surface area contributed by atoms with E-state index in [1.807, 2.05) is 6.92 Å². The summed E-state index contributed by atoms with van der Waals surface area (Å²) in [4.78, 5) is 15.7. The van der Waals surface area contributed by atoms with E-state index in [0.29, 0.717) is 6.54 Å². The van der Waals surface area contributed by atoms with Crippen LogP contribution in [0.15, 0.2) is 4.34 Å². The van der Waals surface area contributed by atoms with Crippen molar-refractivity contribution in [3.8, 4) is 0 Å². The van der Waals surface area contributed by atoms with Gasteiger partial charge in [0.05, 0.1) is 12.1 Å². The van der Waals surface area contributed by atoms with Crippen LogP contribution in [0.5, 0.6) is 0 Å². The quantitative estimate of drug-likeness (QED) is 0.588. The number of thiazole rings is 1. The fraction of sp³-hybridized carbons (Fsp3) is 0.556. The highest BCUT2D eigenvalue weighted by Crippen LogP contribution is 2.27. The minimum Gasteiger partial charge on any atom is -0.481 e. The van der Waals surface area contributed by atoms with Gasteiger partial charge in [0, 0.05) is 10.6 Å². The molecule has 1 aromatic heterocycles. The molecule has 0 atom stereocenters. The second-order valence-corrected chi connectivity index (χ2v) is 5.48. The highest BCUT2D eigenvalue weighted by molar-refractivity contribution is 8.01. The lowest BCUT2D eigenvalue weighted by molar-refractivity contribution is -0.136. The molecular formula is C9H14N2O2S2. The Morgan fingerprint density at radius 1 is 1.67 bits per heavy atom. The summed E-state index contributed by atoms with van der Waals surface area (Å²) in [6, 6.07) is 0. The van der Waals surface area contributed by atoms with Gasteiger partial charge in [-0.2, -0.15) is 0 Å². The van der Waals surface area contributed by atoms with Gasteiger partial charge in [0.25, 0.3) is 0 Å². The number of nitrogens with zero attached hydrogens (tertiary/aromatic N) is 1. The highest BCUT2D eigenvalue weighted by Gasteiger charge is 2.10. The molecule has 1 rings (SSSR count). The van der Waals surface area contributed by atoms with E-state index >= 15 is 0 Å². The van der Waals surface area contributed by atoms with Gasteiger partial charge < -0.3 is 10.8 Å². The molecule has 0 saturated heterocycles. The first-order valence-electron chi connectivity index (χ1n) is 4.64. The molecule has 3 N–H and O–H groups in total. The molecule has 6 heteroatoms. The summed E-state index contributed by atoms with van der Waals surface area (Å²) in [7, 11) is 0. The average Bonchev–Trinajstić information content (AvgIpc) is 2.47. The third-order valence-electron chi connectivity index (χ3n) is 1.76. The van der Waals surface area contributed by atoms with Crippen LogP contribution in [-0.2, 0) is 11.2 Å². The number of aliphatic carboxylic acids is 1. The molecule has 1 aromatic rings. The minimum atomic E-state index is -0.805. The number of aromatic nitrogens is 1. The van der Waals surface area contributed by atoms with Crippen molar-refractivity contribution in [2.24, 2.45) is 5.73 Å². The molecule has 0 unspecified atom stereocenters. The molecule has 0 amide bonds. The van der Waals surface area contributed by atoms with Crippen molar-refractivity contribution in [3.63, 3.8) is 0 Å². The molecule has 84 valence electrons. The Balaban J connectivity index is 2.56. The lowest BCUT2D eigenvalue weighted by Crippen LogP contribution is -1.99. The second kappa shape index (κ2) is 6.09. The van der Waals surface area contributed by atoms with E-state index in [4.69, 9.17) is 10.8 Å². The number of hydrogen-bond acceptors (Lipinski definition) is 5. The van der Waals surface area contributed by atoms with Gasteiger partial charge >= 0.3 is 5.97 Å². The summed E-state index contributed by atoms with van der Waals surface area (Å²) in [5.41, 5.74) is 6.22. The first-order valence-corrected chi connectivity index (χ1v) is 6.44. The summed E-state index contributed by atoms with van der Waals surface area (Å²) in [6.07, 6.45) is 1.03. The monoisotopic (exact) mass is 246 g/mol. The van der Waals surface area contributed by atoms with Gasteiger partial charge in [-0.25, -0.2) is 4.98 Å². The van der Waals surface area contributed by atoms with E-state index < -0.39 is 5.97 Å². The number of aryl methyl sites for hydroxylation is 1. The molecule has 0 aliphatic rings. The van der Waals surface area contributed by atoms with Gasteiger partial charge in [0.2, 0.25) is 0 Å². The van der Waals surface area contributed by atoms with Crippen molar-refractivity contribution in [3.05, 3.63) is 10.6 Å². The summed E-state index contributed by atoms with van der Waals surface area (Å²) in [6.45, 7) is 2.53. The number of carbonyl (C=O) groups is 1. The van der Waals surface area contributed by atoms with Gasteiger partial charge in [0.1, 0.15) is 4.34 Å². The SMILES string of the molecule is Cc1nc(SCCCN)sc1CC(=O)O. The second-order valence-electron chi connectivity index (χ2n) is 3.05. The van der Waals surface area contributed by atoms with Crippen LogP contribution >= 0.6 is 23.1 Å². The maximum atomic E-state index is 10.5. The Morgan fingerprint density at radius 3 is 3.00 bits per heavy atom. The minimum absolute atomic E-state index is 0.0704. The molecule has 4 nitrogen and oxygen atoms in total. The van der Waals surface area contributed by atoms with Crippen LogP contribution in [0, 0.1) is 6.92 Å². The Kier molecular flexibility index (Phi) is 5.07.